The van der Waals surface area contributed by atoms with Crippen LogP contribution in [0.4, 0.5) is 11.4 Å². The van der Waals surface area contributed by atoms with Crippen LogP contribution in [0.15, 0.2) is 61.1 Å². The van der Waals surface area contributed by atoms with E-state index >= 15 is 0 Å². The number of ether oxygens (including phenoxy) is 1. The minimum atomic E-state index is -0.290. The molecule has 0 unspecified atom stereocenters. The highest BCUT2D eigenvalue weighted by Crippen LogP contribution is 2.25. The summed E-state index contributed by atoms with van der Waals surface area (Å²) in [6, 6.07) is 13.0. The summed E-state index contributed by atoms with van der Waals surface area (Å²) >= 11 is 0. The summed E-state index contributed by atoms with van der Waals surface area (Å²) in [5.41, 5.74) is 3.90. The monoisotopic (exact) mass is 348 g/mol. The van der Waals surface area contributed by atoms with Crippen LogP contribution in [0.2, 0.25) is 0 Å². The molecule has 2 heterocycles. The molecule has 0 aliphatic carbocycles. The summed E-state index contributed by atoms with van der Waals surface area (Å²) in [5, 5.41) is 6.14. The van der Waals surface area contributed by atoms with Crippen molar-refractivity contribution in [1.82, 2.24) is 9.97 Å². The first-order chi connectivity index (χ1) is 12.7. The third-order valence-electron chi connectivity index (χ3n) is 3.84. The molecular weight excluding hydrogens is 328 g/mol. The third kappa shape index (κ3) is 4.36. The summed E-state index contributed by atoms with van der Waals surface area (Å²) in [6.45, 7) is 2.59. The number of hydrogen-bond donors (Lipinski definition) is 2. The maximum absolute atomic E-state index is 12.6. The summed E-state index contributed by atoms with van der Waals surface area (Å²) in [7, 11) is 1.57. The van der Waals surface area contributed by atoms with Gasteiger partial charge >= 0.3 is 0 Å². The van der Waals surface area contributed by atoms with Gasteiger partial charge in [0.15, 0.2) is 0 Å². The Morgan fingerprint density at radius 1 is 1.08 bits per heavy atom. The highest BCUT2D eigenvalue weighted by Gasteiger charge is 2.12. The average molecular weight is 348 g/mol. The summed E-state index contributed by atoms with van der Waals surface area (Å²) in [5.74, 6) is 0.317. The Labute approximate surface area is 152 Å². The van der Waals surface area contributed by atoms with Crippen molar-refractivity contribution in [2.75, 3.05) is 17.7 Å². The van der Waals surface area contributed by atoms with Crippen molar-refractivity contribution in [2.24, 2.45) is 0 Å². The van der Waals surface area contributed by atoms with Gasteiger partial charge in [0.2, 0.25) is 0 Å². The van der Waals surface area contributed by atoms with Gasteiger partial charge in [-0.15, -0.1) is 0 Å². The average Bonchev–Trinajstić information content (AvgIpc) is 2.67. The van der Waals surface area contributed by atoms with Crippen molar-refractivity contribution in [3.8, 4) is 5.75 Å². The Bertz CT molecular complexity index is 897. The molecule has 0 aliphatic rings. The largest absolute Gasteiger partial charge is 0.495 e. The normalized spacial score (nSPS) is 10.2. The fourth-order valence-corrected chi connectivity index (χ4v) is 2.48. The van der Waals surface area contributed by atoms with Crippen LogP contribution in [0.3, 0.4) is 0 Å². The molecule has 0 atom stereocenters. The topological polar surface area (TPSA) is 76.1 Å². The minimum Gasteiger partial charge on any atom is -0.495 e. The zero-order chi connectivity index (χ0) is 18.4. The lowest BCUT2D eigenvalue weighted by molar-refractivity contribution is 0.102. The van der Waals surface area contributed by atoms with E-state index < -0.39 is 0 Å². The Kier molecular flexibility index (Phi) is 5.43. The number of benzene rings is 1. The number of anilines is 2. The summed E-state index contributed by atoms with van der Waals surface area (Å²) in [4.78, 5) is 20.7. The molecular formula is C20H20N4O2. The number of nitrogens with zero attached hydrogens (tertiary/aromatic N) is 2. The van der Waals surface area contributed by atoms with Crippen molar-refractivity contribution in [1.29, 1.82) is 0 Å². The second-order valence-electron chi connectivity index (χ2n) is 5.80. The molecule has 0 radical (unpaired) electrons. The van der Waals surface area contributed by atoms with Gasteiger partial charge in [-0.25, -0.2) is 0 Å². The zero-order valence-corrected chi connectivity index (χ0v) is 14.7. The first-order valence-corrected chi connectivity index (χ1v) is 8.20. The number of aromatic nitrogens is 2. The van der Waals surface area contributed by atoms with Gasteiger partial charge in [0.05, 0.1) is 12.8 Å². The van der Waals surface area contributed by atoms with E-state index in [0.29, 0.717) is 23.7 Å². The van der Waals surface area contributed by atoms with Crippen molar-refractivity contribution >= 4 is 17.3 Å². The molecule has 1 amide bonds. The fraction of sp³-hybridized carbons (Fsp3) is 0.150. The first kappa shape index (κ1) is 17.4. The molecule has 1 aromatic carbocycles. The van der Waals surface area contributed by atoms with Crippen molar-refractivity contribution in [3.63, 3.8) is 0 Å². The van der Waals surface area contributed by atoms with E-state index in [0.717, 1.165) is 16.8 Å². The molecule has 0 bridgehead atoms. The van der Waals surface area contributed by atoms with E-state index in [9.17, 15) is 4.79 Å². The molecule has 3 aromatic rings. The highest BCUT2D eigenvalue weighted by molar-refractivity contribution is 6.04. The molecule has 132 valence electrons. The molecule has 2 aromatic heterocycles. The van der Waals surface area contributed by atoms with Gasteiger partial charge in [-0.05, 0) is 54.4 Å². The van der Waals surface area contributed by atoms with Gasteiger partial charge < -0.3 is 15.4 Å². The van der Waals surface area contributed by atoms with Crippen LogP contribution in [0.5, 0.6) is 5.75 Å². The summed E-state index contributed by atoms with van der Waals surface area (Å²) in [6.07, 6.45) is 5.10. The van der Waals surface area contributed by atoms with E-state index in [1.165, 1.54) is 0 Å². The van der Waals surface area contributed by atoms with E-state index in [2.05, 4.69) is 20.6 Å². The third-order valence-corrected chi connectivity index (χ3v) is 3.84. The van der Waals surface area contributed by atoms with Crippen LogP contribution in [-0.2, 0) is 6.54 Å². The number of aryl methyl sites for hydroxylation is 1. The molecule has 0 fully saturated rings. The predicted molar refractivity (Wildman–Crippen MR) is 101 cm³/mol. The number of carbonyl (C=O) groups excluding carboxylic acids is 1. The second kappa shape index (κ2) is 8.11. The molecule has 6 heteroatoms. The minimum absolute atomic E-state index is 0.290. The van der Waals surface area contributed by atoms with Crippen LogP contribution in [0.1, 0.15) is 21.6 Å². The number of nitrogens with one attached hydrogen (secondary N) is 2. The molecule has 26 heavy (non-hydrogen) atoms. The second-order valence-corrected chi connectivity index (χ2v) is 5.80. The van der Waals surface area contributed by atoms with E-state index in [4.69, 9.17) is 4.74 Å². The fourth-order valence-electron chi connectivity index (χ4n) is 2.48. The van der Waals surface area contributed by atoms with Gasteiger partial charge in [0.1, 0.15) is 11.4 Å². The van der Waals surface area contributed by atoms with Crippen molar-refractivity contribution in [3.05, 3.63) is 77.9 Å². The number of rotatable bonds is 6. The van der Waals surface area contributed by atoms with Crippen LogP contribution in [-0.4, -0.2) is 23.0 Å². The quantitative estimate of drug-likeness (QED) is 0.711. The molecule has 0 aliphatic heterocycles. The maximum Gasteiger partial charge on any atom is 0.274 e. The van der Waals surface area contributed by atoms with Crippen molar-refractivity contribution in [2.45, 2.75) is 13.5 Å². The molecule has 0 spiro atoms. The van der Waals surface area contributed by atoms with Crippen molar-refractivity contribution < 1.29 is 9.53 Å². The van der Waals surface area contributed by atoms with Crippen LogP contribution >= 0.6 is 0 Å². The number of methoxy groups -OCH3 is 1. The van der Waals surface area contributed by atoms with Gasteiger partial charge in [-0.3, -0.25) is 14.8 Å². The van der Waals surface area contributed by atoms with Gasteiger partial charge in [0.25, 0.3) is 5.91 Å². The Morgan fingerprint density at radius 2 is 1.88 bits per heavy atom. The number of carbonyl (C=O) groups is 1. The van der Waals surface area contributed by atoms with Gasteiger partial charge in [0, 0.05) is 30.8 Å². The lowest BCUT2D eigenvalue weighted by Gasteiger charge is -2.11. The Hall–Kier alpha value is -3.41. The Balaban J connectivity index is 1.71. The first-order valence-electron chi connectivity index (χ1n) is 8.20. The SMILES string of the molecule is COc1ccc(C)cc1NC(=O)c1cc(NCc2ccncc2)ccn1. The summed E-state index contributed by atoms with van der Waals surface area (Å²) < 4.78 is 5.30. The number of amides is 1. The lowest BCUT2D eigenvalue weighted by Crippen LogP contribution is -2.15. The van der Waals surface area contributed by atoms with E-state index in [1.807, 2.05) is 43.3 Å². The maximum atomic E-state index is 12.6. The Morgan fingerprint density at radius 3 is 2.65 bits per heavy atom. The molecule has 2 N–H and O–H groups in total. The van der Waals surface area contributed by atoms with Crippen LogP contribution in [0, 0.1) is 6.92 Å². The lowest BCUT2D eigenvalue weighted by atomic mass is 10.2. The standard InChI is InChI=1S/C20H20N4O2/c1-14-3-4-19(26-2)17(11-14)24-20(25)18-12-16(7-10-22-18)23-13-15-5-8-21-9-6-15/h3-12H,13H2,1-2H3,(H,22,23)(H,24,25). The number of hydrogen-bond acceptors (Lipinski definition) is 5. The predicted octanol–water partition coefficient (Wildman–Crippen LogP) is 3.66. The molecule has 3 rings (SSSR count). The smallest absolute Gasteiger partial charge is 0.274 e. The number of pyridine rings is 2. The van der Waals surface area contributed by atoms with E-state index in [1.54, 1.807) is 31.8 Å². The van der Waals surface area contributed by atoms with Crippen LogP contribution in [0.25, 0.3) is 0 Å². The van der Waals surface area contributed by atoms with E-state index in [-0.39, 0.29) is 5.91 Å². The van der Waals surface area contributed by atoms with Crippen LogP contribution < -0.4 is 15.4 Å². The van der Waals surface area contributed by atoms with Gasteiger partial charge in [-0.2, -0.15) is 0 Å². The highest BCUT2D eigenvalue weighted by atomic mass is 16.5. The zero-order valence-electron chi connectivity index (χ0n) is 14.7. The molecule has 0 saturated heterocycles. The molecule has 0 saturated carbocycles. The van der Waals surface area contributed by atoms with Gasteiger partial charge in [-0.1, -0.05) is 6.07 Å². The molecule has 6 nitrogen and oxygen atoms in total.